The quantitative estimate of drug-likeness (QED) is 0.744. The molecule has 3 aromatic rings. The van der Waals surface area contributed by atoms with Crippen LogP contribution in [0.25, 0.3) is 10.9 Å². The molecule has 2 aromatic heterocycles. The first-order valence-electron chi connectivity index (χ1n) is 6.06. The third-order valence-corrected chi connectivity index (χ3v) is 4.23. The van der Waals surface area contributed by atoms with Crippen LogP contribution in [0.4, 0.5) is 5.69 Å². The van der Waals surface area contributed by atoms with Gasteiger partial charge in [-0.25, -0.2) is 0 Å². The van der Waals surface area contributed by atoms with E-state index in [1.165, 1.54) is 4.88 Å². The minimum absolute atomic E-state index is 0.745. The minimum Gasteiger partial charge on any atom is -0.378 e. The van der Waals surface area contributed by atoms with Crippen LogP contribution in [0.5, 0.6) is 0 Å². The van der Waals surface area contributed by atoms with Crippen LogP contribution in [-0.4, -0.2) is 4.98 Å². The third kappa shape index (κ3) is 2.44. The van der Waals surface area contributed by atoms with Gasteiger partial charge in [0, 0.05) is 23.0 Å². The van der Waals surface area contributed by atoms with E-state index in [2.05, 4.69) is 33.9 Å². The predicted molar refractivity (Wildman–Crippen MR) is 83.1 cm³/mol. The van der Waals surface area contributed by atoms with Crippen molar-refractivity contribution in [3.05, 3.63) is 57.4 Å². The summed E-state index contributed by atoms with van der Waals surface area (Å²) in [6.07, 6.45) is 1.81. The number of rotatable bonds is 3. The monoisotopic (exact) mass is 288 g/mol. The fraction of sp³-hybridized carbons (Fsp3) is 0.133. The zero-order valence-corrected chi connectivity index (χ0v) is 12.1. The van der Waals surface area contributed by atoms with E-state index >= 15 is 0 Å². The average Bonchev–Trinajstić information content (AvgIpc) is 2.92. The zero-order chi connectivity index (χ0) is 13.2. The van der Waals surface area contributed by atoms with Gasteiger partial charge in [0.2, 0.25) is 0 Å². The largest absolute Gasteiger partial charge is 0.378 e. The van der Waals surface area contributed by atoms with E-state index in [4.69, 9.17) is 11.6 Å². The molecule has 1 aromatic carbocycles. The van der Waals surface area contributed by atoms with Crippen molar-refractivity contribution < 1.29 is 0 Å². The van der Waals surface area contributed by atoms with E-state index in [9.17, 15) is 0 Å². The van der Waals surface area contributed by atoms with Crippen molar-refractivity contribution in [3.8, 4) is 0 Å². The van der Waals surface area contributed by atoms with Gasteiger partial charge in [0.05, 0.1) is 16.2 Å². The number of aromatic nitrogens is 1. The van der Waals surface area contributed by atoms with E-state index in [-0.39, 0.29) is 0 Å². The molecule has 0 radical (unpaired) electrons. The van der Waals surface area contributed by atoms with Gasteiger partial charge in [0.25, 0.3) is 0 Å². The van der Waals surface area contributed by atoms with Gasteiger partial charge in [0.1, 0.15) is 0 Å². The Morgan fingerprint density at radius 2 is 2.21 bits per heavy atom. The maximum Gasteiger partial charge on any atom is 0.0752 e. The number of pyridine rings is 1. The molecule has 19 heavy (non-hydrogen) atoms. The van der Waals surface area contributed by atoms with Crippen molar-refractivity contribution in [2.24, 2.45) is 0 Å². The summed E-state index contributed by atoms with van der Waals surface area (Å²) in [6, 6.07) is 10.1. The van der Waals surface area contributed by atoms with Gasteiger partial charge in [-0.05, 0) is 42.1 Å². The smallest absolute Gasteiger partial charge is 0.0752 e. The number of hydrogen-bond donors (Lipinski definition) is 1. The Kier molecular flexibility index (Phi) is 3.40. The molecular formula is C15H13ClN2S. The normalized spacial score (nSPS) is 10.8. The SMILES string of the molecule is Cc1cc(Cl)c(NCc2cccs2)c2cccnc12. The van der Waals surface area contributed by atoms with Crippen LogP contribution < -0.4 is 5.32 Å². The Bertz CT molecular complexity index is 707. The predicted octanol–water partition coefficient (Wildman–Crippen LogP) is 4.87. The molecule has 2 heterocycles. The molecule has 3 rings (SSSR count). The Labute approximate surface area is 121 Å². The van der Waals surface area contributed by atoms with Gasteiger partial charge in [-0.1, -0.05) is 17.7 Å². The minimum atomic E-state index is 0.745. The summed E-state index contributed by atoms with van der Waals surface area (Å²) in [7, 11) is 0. The lowest BCUT2D eigenvalue weighted by Gasteiger charge is -2.12. The van der Waals surface area contributed by atoms with Crippen LogP contribution in [0.1, 0.15) is 10.4 Å². The molecule has 4 heteroatoms. The van der Waals surface area contributed by atoms with Crippen LogP contribution in [0, 0.1) is 6.92 Å². The van der Waals surface area contributed by atoms with Crippen LogP contribution >= 0.6 is 22.9 Å². The van der Waals surface area contributed by atoms with Gasteiger partial charge >= 0.3 is 0 Å². The molecule has 0 spiro atoms. The van der Waals surface area contributed by atoms with E-state index in [1.54, 1.807) is 11.3 Å². The van der Waals surface area contributed by atoms with Crippen LogP contribution in [-0.2, 0) is 6.54 Å². The Balaban J connectivity index is 2.02. The van der Waals surface area contributed by atoms with E-state index in [0.29, 0.717) is 0 Å². The highest BCUT2D eigenvalue weighted by molar-refractivity contribution is 7.09. The number of fused-ring (bicyclic) bond motifs is 1. The molecule has 0 unspecified atom stereocenters. The summed E-state index contributed by atoms with van der Waals surface area (Å²) in [5.41, 5.74) is 3.06. The van der Waals surface area contributed by atoms with Crippen molar-refractivity contribution in [3.63, 3.8) is 0 Å². The van der Waals surface area contributed by atoms with Crippen LogP contribution in [0.3, 0.4) is 0 Å². The molecule has 0 saturated heterocycles. The summed E-state index contributed by atoms with van der Waals surface area (Å²) < 4.78 is 0. The number of nitrogens with one attached hydrogen (secondary N) is 1. The molecule has 0 saturated carbocycles. The summed E-state index contributed by atoms with van der Waals surface area (Å²) in [5, 5.41) is 7.32. The molecule has 0 fully saturated rings. The standard InChI is InChI=1S/C15H13ClN2S/c1-10-8-13(16)15(12-5-2-6-17-14(10)12)18-9-11-4-3-7-19-11/h2-8,18H,9H2,1H3. The van der Waals surface area contributed by atoms with Crippen LogP contribution in [0.2, 0.25) is 5.02 Å². The van der Waals surface area contributed by atoms with Crippen LogP contribution in [0.15, 0.2) is 41.9 Å². The fourth-order valence-corrected chi connectivity index (χ4v) is 3.13. The van der Waals surface area contributed by atoms with E-state index in [1.807, 2.05) is 25.3 Å². The maximum absolute atomic E-state index is 6.36. The molecule has 96 valence electrons. The highest BCUT2D eigenvalue weighted by Gasteiger charge is 2.09. The van der Waals surface area contributed by atoms with Gasteiger partial charge in [-0.3, -0.25) is 4.98 Å². The lowest BCUT2D eigenvalue weighted by Crippen LogP contribution is -2.00. The number of anilines is 1. The number of thiophene rings is 1. The Hall–Kier alpha value is -1.58. The maximum atomic E-state index is 6.36. The van der Waals surface area contributed by atoms with Gasteiger partial charge in [-0.2, -0.15) is 0 Å². The molecule has 0 bridgehead atoms. The van der Waals surface area contributed by atoms with Gasteiger partial charge in [-0.15, -0.1) is 11.3 Å². The van der Waals surface area contributed by atoms with Crippen molar-refractivity contribution in [2.45, 2.75) is 13.5 Å². The van der Waals surface area contributed by atoms with Crippen molar-refractivity contribution in [1.82, 2.24) is 4.98 Å². The molecule has 0 aliphatic heterocycles. The first kappa shape index (κ1) is 12.5. The van der Waals surface area contributed by atoms with Gasteiger partial charge < -0.3 is 5.32 Å². The first-order valence-corrected chi connectivity index (χ1v) is 7.31. The number of hydrogen-bond acceptors (Lipinski definition) is 3. The molecular weight excluding hydrogens is 276 g/mol. The topological polar surface area (TPSA) is 24.9 Å². The number of benzene rings is 1. The highest BCUT2D eigenvalue weighted by atomic mass is 35.5. The molecule has 1 N–H and O–H groups in total. The van der Waals surface area contributed by atoms with Crippen molar-refractivity contribution in [1.29, 1.82) is 0 Å². The molecule has 0 amide bonds. The molecule has 0 atom stereocenters. The Morgan fingerprint density at radius 1 is 1.32 bits per heavy atom. The van der Waals surface area contributed by atoms with E-state index in [0.717, 1.165) is 33.7 Å². The summed E-state index contributed by atoms with van der Waals surface area (Å²) in [5.74, 6) is 0. The summed E-state index contributed by atoms with van der Waals surface area (Å²) in [6.45, 7) is 2.81. The summed E-state index contributed by atoms with van der Waals surface area (Å²) in [4.78, 5) is 5.72. The molecule has 2 nitrogen and oxygen atoms in total. The lowest BCUT2D eigenvalue weighted by atomic mass is 10.1. The summed E-state index contributed by atoms with van der Waals surface area (Å²) >= 11 is 8.10. The van der Waals surface area contributed by atoms with Gasteiger partial charge in [0.15, 0.2) is 0 Å². The second-order valence-electron chi connectivity index (χ2n) is 4.38. The lowest BCUT2D eigenvalue weighted by molar-refractivity contribution is 1.20. The number of nitrogens with zero attached hydrogens (tertiary/aromatic N) is 1. The first-order chi connectivity index (χ1) is 9.25. The average molecular weight is 289 g/mol. The van der Waals surface area contributed by atoms with E-state index < -0.39 is 0 Å². The second-order valence-corrected chi connectivity index (χ2v) is 5.82. The Morgan fingerprint density at radius 3 is 3.00 bits per heavy atom. The zero-order valence-electron chi connectivity index (χ0n) is 10.5. The fourth-order valence-electron chi connectivity index (χ4n) is 2.15. The second kappa shape index (κ2) is 5.19. The highest BCUT2D eigenvalue weighted by Crippen LogP contribution is 2.33. The van der Waals surface area contributed by atoms with Crippen molar-refractivity contribution >= 4 is 39.5 Å². The van der Waals surface area contributed by atoms with Crippen molar-refractivity contribution in [2.75, 3.05) is 5.32 Å². The third-order valence-electron chi connectivity index (χ3n) is 3.05. The molecule has 0 aliphatic rings. The number of aryl methyl sites for hydroxylation is 1. The number of halogens is 1. The molecule has 0 aliphatic carbocycles.